The van der Waals surface area contributed by atoms with Crippen LogP contribution in [0.4, 0.5) is 5.69 Å². The van der Waals surface area contributed by atoms with Crippen molar-refractivity contribution in [1.29, 1.82) is 0 Å². The van der Waals surface area contributed by atoms with Crippen LogP contribution in [-0.2, 0) is 4.74 Å². The van der Waals surface area contributed by atoms with Crippen LogP contribution in [-0.4, -0.2) is 30.6 Å². The van der Waals surface area contributed by atoms with Crippen molar-refractivity contribution in [3.63, 3.8) is 0 Å². The zero-order chi connectivity index (χ0) is 14.7. The van der Waals surface area contributed by atoms with E-state index in [9.17, 15) is 0 Å². The van der Waals surface area contributed by atoms with Crippen molar-refractivity contribution in [2.45, 2.75) is 19.9 Å². The van der Waals surface area contributed by atoms with Crippen molar-refractivity contribution in [1.82, 2.24) is 4.90 Å². The summed E-state index contributed by atoms with van der Waals surface area (Å²) in [5, 5.41) is 0.471. The smallest absolute Gasteiger partial charge is 0.146 e. The second kappa shape index (κ2) is 6.70. The lowest BCUT2D eigenvalue weighted by atomic mass is 10.3. The molecular formula is C14H18BrClN2O2. The minimum absolute atomic E-state index is 0.471. The average molecular weight is 362 g/mol. The van der Waals surface area contributed by atoms with E-state index in [2.05, 4.69) is 34.7 Å². The van der Waals surface area contributed by atoms with Gasteiger partial charge in [-0.1, -0.05) is 11.6 Å². The third-order valence-corrected chi connectivity index (χ3v) is 4.11. The van der Waals surface area contributed by atoms with Crippen LogP contribution in [0.5, 0.6) is 5.75 Å². The summed E-state index contributed by atoms with van der Waals surface area (Å²) in [6.45, 7) is 6.68. The molecule has 0 saturated carbocycles. The van der Waals surface area contributed by atoms with Crippen molar-refractivity contribution < 1.29 is 9.47 Å². The first-order chi connectivity index (χ1) is 9.47. The quantitative estimate of drug-likeness (QED) is 0.659. The second-order valence-electron chi connectivity index (χ2n) is 4.92. The number of hydrogen-bond acceptors (Lipinski definition) is 4. The van der Waals surface area contributed by atoms with Crippen molar-refractivity contribution in [3.05, 3.63) is 33.6 Å². The van der Waals surface area contributed by atoms with Crippen molar-refractivity contribution in [2.75, 3.05) is 25.4 Å². The minimum atomic E-state index is 0.471. The van der Waals surface area contributed by atoms with Gasteiger partial charge in [0, 0.05) is 22.7 Å². The van der Waals surface area contributed by atoms with Crippen LogP contribution in [0.1, 0.15) is 13.8 Å². The number of rotatable bonds is 3. The third-order valence-electron chi connectivity index (χ3n) is 3.12. The van der Waals surface area contributed by atoms with Gasteiger partial charge in [0.05, 0.1) is 11.6 Å². The Morgan fingerprint density at radius 1 is 1.50 bits per heavy atom. The van der Waals surface area contributed by atoms with E-state index < -0.39 is 0 Å². The molecule has 0 spiro atoms. The van der Waals surface area contributed by atoms with Gasteiger partial charge in [-0.2, -0.15) is 0 Å². The van der Waals surface area contributed by atoms with Gasteiger partial charge in [0.15, 0.2) is 0 Å². The summed E-state index contributed by atoms with van der Waals surface area (Å²) in [5.41, 5.74) is 6.32. The van der Waals surface area contributed by atoms with Gasteiger partial charge in [0.1, 0.15) is 24.4 Å². The predicted molar refractivity (Wildman–Crippen MR) is 84.9 cm³/mol. The van der Waals surface area contributed by atoms with E-state index >= 15 is 0 Å². The van der Waals surface area contributed by atoms with Crippen LogP contribution in [0.25, 0.3) is 0 Å². The highest BCUT2D eigenvalue weighted by molar-refractivity contribution is 9.10. The Balaban J connectivity index is 2.07. The first-order valence-corrected chi connectivity index (χ1v) is 7.61. The Morgan fingerprint density at radius 3 is 2.95 bits per heavy atom. The van der Waals surface area contributed by atoms with Gasteiger partial charge in [-0.3, -0.25) is 4.90 Å². The number of morpholine rings is 1. The molecule has 1 aliphatic heterocycles. The lowest BCUT2D eigenvalue weighted by molar-refractivity contribution is 0.0710. The molecule has 110 valence electrons. The highest BCUT2D eigenvalue weighted by Gasteiger charge is 2.18. The second-order valence-corrected chi connectivity index (χ2v) is 6.18. The molecule has 1 aromatic carbocycles. The number of hydrogen-bond donors (Lipinski definition) is 1. The molecule has 1 heterocycles. The maximum Gasteiger partial charge on any atom is 0.146 e. The first kappa shape index (κ1) is 15.5. The molecule has 1 aliphatic rings. The van der Waals surface area contributed by atoms with E-state index in [-0.39, 0.29) is 0 Å². The maximum absolute atomic E-state index is 6.09. The highest BCUT2D eigenvalue weighted by Crippen LogP contribution is 2.33. The van der Waals surface area contributed by atoms with E-state index in [0.717, 1.165) is 23.3 Å². The maximum atomic E-state index is 6.09. The van der Waals surface area contributed by atoms with Crippen LogP contribution in [0.3, 0.4) is 0 Å². The Bertz CT molecular complexity index is 520. The highest BCUT2D eigenvalue weighted by atomic mass is 79.9. The number of nitrogen functional groups attached to an aromatic ring is 1. The van der Waals surface area contributed by atoms with Crippen molar-refractivity contribution in [2.24, 2.45) is 0 Å². The first-order valence-electron chi connectivity index (χ1n) is 6.44. The molecule has 2 N–H and O–H groups in total. The van der Waals surface area contributed by atoms with Gasteiger partial charge in [0.2, 0.25) is 0 Å². The average Bonchev–Trinajstić information content (AvgIpc) is 2.41. The van der Waals surface area contributed by atoms with E-state index in [0.29, 0.717) is 29.1 Å². The van der Waals surface area contributed by atoms with E-state index in [1.807, 2.05) is 0 Å². The molecule has 1 fully saturated rings. The molecule has 1 saturated heterocycles. The van der Waals surface area contributed by atoms with E-state index in [4.69, 9.17) is 26.8 Å². The lowest BCUT2D eigenvalue weighted by Crippen LogP contribution is -2.39. The molecule has 20 heavy (non-hydrogen) atoms. The molecule has 2 rings (SSSR count). The summed E-state index contributed by atoms with van der Waals surface area (Å²) in [7, 11) is 0. The van der Waals surface area contributed by atoms with Crippen LogP contribution >= 0.6 is 27.5 Å². The topological polar surface area (TPSA) is 47.7 Å². The summed E-state index contributed by atoms with van der Waals surface area (Å²) in [6, 6.07) is 3.89. The zero-order valence-electron chi connectivity index (χ0n) is 11.5. The van der Waals surface area contributed by atoms with Gasteiger partial charge < -0.3 is 15.2 Å². The van der Waals surface area contributed by atoms with Crippen LogP contribution in [0, 0.1) is 0 Å². The number of anilines is 1. The fraction of sp³-hybridized carbons (Fsp3) is 0.429. The van der Waals surface area contributed by atoms with Crippen LogP contribution in [0.2, 0.25) is 5.02 Å². The van der Waals surface area contributed by atoms with Crippen LogP contribution < -0.4 is 10.5 Å². The molecule has 4 nitrogen and oxygen atoms in total. The molecule has 1 aromatic rings. The third kappa shape index (κ3) is 3.81. The number of nitrogens with zero attached hydrogens (tertiary/aromatic N) is 1. The molecule has 0 aliphatic carbocycles. The minimum Gasteiger partial charge on any atom is -0.492 e. The predicted octanol–water partition coefficient (Wildman–Crippen LogP) is 3.65. The molecule has 0 radical (unpaired) electrons. The Labute approximate surface area is 132 Å². The number of benzene rings is 1. The monoisotopic (exact) mass is 360 g/mol. The van der Waals surface area contributed by atoms with Gasteiger partial charge in [-0.25, -0.2) is 0 Å². The fourth-order valence-corrected chi connectivity index (χ4v) is 2.43. The van der Waals surface area contributed by atoms with Gasteiger partial charge in [-0.05, 0) is 41.9 Å². The summed E-state index contributed by atoms with van der Waals surface area (Å²) in [5.74, 6) is 1.35. The Kier molecular flexibility index (Phi) is 5.18. The molecule has 0 atom stereocenters. The van der Waals surface area contributed by atoms with Gasteiger partial charge >= 0.3 is 0 Å². The number of nitrogens with two attached hydrogens (primary N) is 1. The van der Waals surface area contributed by atoms with Gasteiger partial charge in [0.25, 0.3) is 0 Å². The number of halogens is 2. The number of ether oxygens (including phenoxy) is 2. The Hall–Kier alpha value is -0.910. The molecule has 0 aromatic heterocycles. The molecule has 0 bridgehead atoms. The molecule has 6 heteroatoms. The van der Waals surface area contributed by atoms with E-state index in [1.165, 1.54) is 0 Å². The molecule has 0 amide bonds. The SMILES string of the molecule is CC(C)N1CCOC(=COc2cc(Br)c(N)cc2Cl)C1. The molecule has 0 unspecified atom stereocenters. The van der Waals surface area contributed by atoms with Crippen molar-refractivity contribution in [3.8, 4) is 5.75 Å². The normalized spacial score (nSPS) is 18.4. The summed E-state index contributed by atoms with van der Waals surface area (Å²) in [6.07, 6.45) is 1.61. The zero-order valence-corrected chi connectivity index (χ0v) is 13.9. The fourth-order valence-electron chi connectivity index (χ4n) is 1.89. The summed E-state index contributed by atoms with van der Waals surface area (Å²) < 4.78 is 12.0. The summed E-state index contributed by atoms with van der Waals surface area (Å²) in [4.78, 5) is 2.32. The standard InChI is InChI=1S/C14H18BrClN2O2/c1-9(2)18-3-4-19-10(7-18)8-20-14-5-11(15)13(17)6-12(14)16/h5-6,8-9H,3-4,7,17H2,1-2H3. The van der Waals surface area contributed by atoms with Crippen LogP contribution in [0.15, 0.2) is 28.6 Å². The lowest BCUT2D eigenvalue weighted by Gasteiger charge is -2.31. The van der Waals surface area contributed by atoms with Crippen molar-refractivity contribution >= 4 is 33.2 Å². The largest absolute Gasteiger partial charge is 0.492 e. The van der Waals surface area contributed by atoms with Gasteiger partial charge in [-0.15, -0.1) is 0 Å². The Morgan fingerprint density at radius 2 is 2.25 bits per heavy atom. The van der Waals surface area contributed by atoms with E-state index in [1.54, 1.807) is 18.4 Å². The summed E-state index contributed by atoms with van der Waals surface area (Å²) >= 11 is 9.44. The molecular weight excluding hydrogens is 344 g/mol.